The van der Waals surface area contributed by atoms with E-state index >= 15 is 0 Å². The van der Waals surface area contributed by atoms with Crippen LogP contribution in [-0.4, -0.2) is 74.9 Å². The number of carbonyl (C=O) groups is 3. The number of sulfonamides is 1. The molecule has 11 heteroatoms. The smallest absolute Gasteiger partial charge is 0.338 e. The fourth-order valence-corrected chi connectivity index (χ4v) is 4.53. The number of hydrogen-bond acceptors (Lipinski definition) is 7. The molecular formula is C18H25N3O7S. The summed E-state index contributed by atoms with van der Waals surface area (Å²) in [4.78, 5) is 37.2. The van der Waals surface area contributed by atoms with Gasteiger partial charge in [0, 0.05) is 26.2 Å². The summed E-state index contributed by atoms with van der Waals surface area (Å²) in [5.74, 6) is -1.45. The van der Waals surface area contributed by atoms with Crippen molar-refractivity contribution in [1.29, 1.82) is 0 Å². The van der Waals surface area contributed by atoms with Crippen molar-refractivity contribution >= 4 is 27.9 Å². The van der Waals surface area contributed by atoms with Gasteiger partial charge in [0.05, 0.1) is 12.7 Å². The number of hydrogen-bond donors (Lipinski definition) is 1. The number of ether oxygens (including phenoxy) is 2. The Kier molecular flexibility index (Phi) is 7.20. The number of methoxy groups -OCH3 is 1. The van der Waals surface area contributed by atoms with Crippen molar-refractivity contribution in [3.05, 3.63) is 23.8 Å². The molecule has 1 fully saturated rings. The highest BCUT2D eigenvalue weighted by atomic mass is 32.2. The van der Waals surface area contributed by atoms with Gasteiger partial charge in [-0.25, -0.2) is 18.0 Å². The number of urea groups is 1. The Hall–Kier alpha value is -2.66. The van der Waals surface area contributed by atoms with Gasteiger partial charge < -0.3 is 14.8 Å². The van der Waals surface area contributed by atoms with Crippen molar-refractivity contribution in [1.82, 2.24) is 14.5 Å². The molecule has 1 aromatic carbocycles. The second-order valence-corrected chi connectivity index (χ2v) is 8.13. The second kappa shape index (κ2) is 9.23. The fourth-order valence-electron chi connectivity index (χ4n) is 2.89. The summed E-state index contributed by atoms with van der Waals surface area (Å²) in [6.07, 6.45) is -1.21. The first-order chi connectivity index (χ1) is 13.7. The molecule has 1 aromatic rings. The van der Waals surface area contributed by atoms with Crippen LogP contribution < -0.4 is 10.1 Å². The molecule has 0 saturated carbocycles. The minimum atomic E-state index is -3.89. The summed E-state index contributed by atoms with van der Waals surface area (Å²) in [6, 6.07) is 3.32. The van der Waals surface area contributed by atoms with Gasteiger partial charge in [0.15, 0.2) is 6.10 Å². The molecule has 1 N–H and O–H groups in total. The van der Waals surface area contributed by atoms with E-state index in [4.69, 9.17) is 9.47 Å². The van der Waals surface area contributed by atoms with Crippen LogP contribution in [0.4, 0.5) is 4.79 Å². The first-order valence-corrected chi connectivity index (χ1v) is 10.6. The molecule has 3 amide bonds. The summed E-state index contributed by atoms with van der Waals surface area (Å²) in [5, 5.41) is 2.49. The third-order valence-corrected chi connectivity index (χ3v) is 6.55. The van der Waals surface area contributed by atoms with Gasteiger partial charge in [0.2, 0.25) is 10.0 Å². The van der Waals surface area contributed by atoms with Gasteiger partial charge in [0.25, 0.3) is 5.91 Å². The maximum Gasteiger partial charge on any atom is 0.338 e. The topological polar surface area (TPSA) is 122 Å². The molecule has 29 heavy (non-hydrogen) atoms. The highest BCUT2D eigenvalue weighted by Gasteiger charge is 2.32. The number of imide groups is 1. The Labute approximate surface area is 169 Å². The van der Waals surface area contributed by atoms with E-state index in [0.29, 0.717) is 6.54 Å². The molecule has 1 saturated heterocycles. The molecule has 0 spiro atoms. The quantitative estimate of drug-likeness (QED) is 0.610. The zero-order chi connectivity index (χ0) is 21.8. The molecule has 2 rings (SSSR count). The number of rotatable bonds is 8. The predicted octanol–water partition coefficient (Wildman–Crippen LogP) is 0.823. The summed E-state index contributed by atoms with van der Waals surface area (Å²) >= 11 is 0. The van der Waals surface area contributed by atoms with E-state index in [-0.39, 0.29) is 35.8 Å². The normalized spacial score (nSPS) is 15.2. The van der Waals surface area contributed by atoms with Crippen LogP contribution >= 0.6 is 0 Å². The number of carbonyl (C=O) groups excluding carboxylic acids is 3. The summed E-state index contributed by atoms with van der Waals surface area (Å²) in [5.41, 5.74) is -0.0537. The molecular weight excluding hydrogens is 402 g/mol. The van der Waals surface area contributed by atoms with Gasteiger partial charge in [0.1, 0.15) is 10.6 Å². The molecule has 1 heterocycles. The lowest BCUT2D eigenvalue weighted by Gasteiger charge is -2.21. The summed E-state index contributed by atoms with van der Waals surface area (Å²) < 4.78 is 37.3. The molecule has 1 unspecified atom stereocenters. The third-order valence-electron chi connectivity index (χ3n) is 4.48. The standard InChI is InChI=1S/C18H25N3O7S/c1-5-20(6-2)29(25,26)15-11-13(7-8-14(15)27-4)17(23)28-12(3)16(22)21-10-9-19-18(21)24/h7-8,11-12H,5-6,9-10H2,1-4H3,(H,19,24). The van der Waals surface area contributed by atoms with Crippen molar-refractivity contribution in [2.75, 3.05) is 33.3 Å². The third kappa shape index (κ3) is 4.67. The molecule has 1 aliphatic rings. The first-order valence-electron chi connectivity index (χ1n) is 9.15. The Bertz CT molecular complexity index is 897. The van der Waals surface area contributed by atoms with Gasteiger partial charge in [-0.3, -0.25) is 9.69 Å². The minimum absolute atomic E-state index is 0.0537. The Morgan fingerprint density at radius 2 is 1.93 bits per heavy atom. The number of amides is 3. The number of nitrogens with one attached hydrogen (secondary N) is 1. The molecule has 0 aromatic heterocycles. The lowest BCUT2D eigenvalue weighted by Crippen LogP contribution is -2.41. The largest absolute Gasteiger partial charge is 0.495 e. The van der Waals surface area contributed by atoms with E-state index in [1.807, 2.05) is 0 Å². The van der Waals surface area contributed by atoms with E-state index in [1.54, 1.807) is 13.8 Å². The Morgan fingerprint density at radius 3 is 2.45 bits per heavy atom. The maximum absolute atomic E-state index is 12.9. The van der Waals surface area contributed by atoms with Crippen molar-refractivity contribution in [3.63, 3.8) is 0 Å². The van der Waals surface area contributed by atoms with Crippen LogP contribution in [0.3, 0.4) is 0 Å². The van der Waals surface area contributed by atoms with Crippen LogP contribution in [0.5, 0.6) is 5.75 Å². The average Bonchev–Trinajstić information content (AvgIpc) is 3.13. The van der Waals surface area contributed by atoms with Gasteiger partial charge in [-0.1, -0.05) is 13.8 Å². The van der Waals surface area contributed by atoms with Crippen molar-refractivity contribution in [2.45, 2.75) is 31.8 Å². The van der Waals surface area contributed by atoms with E-state index in [0.717, 1.165) is 11.0 Å². The lowest BCUT2D eigenvalue weighted by atomic mass is 10.2. The van der Waals surface area contributed by atoms with Crippen molar-refractivity contribution in [2.24, 2.45) is 0 Å². The van der Waals surface area contributed by atoms with Crippen LogP contribution in [0.25, 0.3) is 0 Å². The number of esters is 1. The highest BCUT2D eigenvalue weighted by Crippen LogP contribution is 2.28. The Morgan fingerprint density at radius 1 is 1.28 bits per heavy atom. The maximum atomic E-state index is 12.9. The molecule has 0 bridgehead atoms. The molecule has 0 aliphatic carbocycles. The lowest BCUT2D eigenvalue weighted by molar-refractivity contribution is -0.136. The van der Waals surface area contributed by atoms with Crippen molar-refractivity contribution < 1.29 is 32.3 Å². The molecule has 1 atom stereocenters. The van der Waals surface area contributed by atoms with Crippen LogP contribution in [0.2, 0.25) is 0 Å². The second-order valence-electron chi connectivity index (χ2n) is 6.22. The molecule has 160 valence electrons. The summed E-state index contributed by atoms with van der Waals surface area (Å²) in [7, 11) is -2.56. The number of nitrogens with zero attached hydrogens (tertiary/aromatic N) is 2. The first kappa shape index (κ1) is 22.6. The molecule has 10 nitrogen and oxygen atoms in total. The average molecular weight is 427 g/mol. The van der Waals surface area contributed by atoms with Crippen LogP contribution in [-0.2, 0) is 19.6 Å². The zero-order valence-electron chi connectivity index (χ0n) is 16.8. The fraction of sp³-hybridized carbons (Fsp3) is 0.500. The minimum Gasteiger partial charge on any atom is -0.495 e. The van der Waals surface area contributed by atoms with E-state index in [2.05, 4.69) is 5.32 Å². The Balaban J connectivity index is 2.27. The van der Waals surface area contributed by atoms with E-state index in [9.17, 15) is 22.8 Å². The van der Waals surface area contributed by atoms with Gasteiger partial charge in [-0.05, 0) is 25.1 Å². The number of benzene rings is 1. The van der Waals surface area contributed by atoms with Crippen LogP contribution in [0, 0.1) is 0 Å². The molecule has 1 aliphatic heterocycles. The highest BCUT2D eigenvalue weighted by molar-refractivity contribution is 7.89. The van der Waals surface area contributed by atoms with E-state index in [1.165, 1.54) is 30.5 Å². The monoisotopic (exact) mass is 427 g/mol. The zero-order valence-corrected chi connectivity index (χ0v) is 17.6. The van der Waals surface area contributed by atoms with Gasteiger partial charge in [-0.2, -0.15) is 4.31 Å². The van der Waals surface area contributed by atoms with E-state index < -0.39 is 34.0 Å². The van der Waals surface area contributed by atoms with Gasteiger partial charge in [-0.15, -0.1) is 0 Å². The SMILES string of the molecule is CCN(CC)S(=O)(=O)c1cc(C(=O)OC(C)C(=O)N2CCNC2=O)ccc1OC. The van der Waals surface area contributed by atoms with Crippen molar-refractivity contribution in [3.8, 4) is 5.75 Å². The molecule has 0 radical (unpaired) electrons. The van der Waals surface area contributed by atoms with Gasteiger partial charge >= 0.3 is 12.0 Å². The predicted molar refractivity (Wildman–Crippen MR) is 103 cm³/mol. The van der Waals surface area contributed by atoms with Crippen LogP contribution in [0.1, 0.15) is 31.1 Å². The van der Waals surface area contributed by atoms with Crippen LogP contribution in [0.15, 0.2) is 23.1 Å². The summed E-state index contributed by atoms with van der Waals surface area (Å²) in [6.45, 7) is 5.77.